The van der Waals surface area contributed by atoms with Crippen molar-refractivity contribution < 1.29 is 4.52 Å². The second-order valence-electron chi connectivity index (χ2n) is 5.19. The molecule has 1 aliphatic heterocycles. The largest absolute Gasteiger partial charge is 0.332 e. The Balaban J connectivity index is 1.63. The van der Waals surface area contributed by atoms with Crippen molar-refractivity contribution in [3.8, 4) is 23.0 Å². The molecular weight excluding hydrogens is 268 g/mol. The molecule has 0 amide bonds. The lowest BCUT2D eigenvalue weighted by atomic mass is 10.1. The van der Waals surface area contributed by atoms with Crippen molar-refractivity contribution in [1.82, 2.24) is 30.5 Å². The number of aromatic nitrogens is 5. The van der Waals surface area contributed by atoms with Crippen LogP contribution in [-0.2, 0) is 0 Å². The monoisotopic (exact) mass is 282 g/mol. The van der Waals surface area contributed by atoms with Crippen molar-refractivity contribution in [3.05, 3.63) is 36.0 Å². The summed E-state index contributed by atoms with van der Waals surface area (Å²) in [6, 6.07) is 8.35. The predicted molar refractivity (Wildman–Crippen MR) is 75.4 cm³/mol. The number of benzene rings is 1. The molecule has 0 atom stereocenters. The maximum atomic E-state index is 5.30. The molecule has 1 saturated heterocycles. The molecule has 4 rings (SSSR count). The quantitative estimate of drug-likeness (QED) is 0.783. The summed E-state index contributed by atoms with van der Waals surface area (Å²) >= 11 is 0. The smallest absolute Gasteiger partial charge is 0.280 e. The first-order chi connectivity index (χ1) is 10.3. The molecular formula is C14H14N6O. The highest BCUT2D eigenvalue weighted by molar-refractivity contribution is 5.58. The van der Waals surface area contributed by atoms with Gasteiger partial charge in [-0.1, -0.05) is 34.1 Å². The van der Waals surface area contributed by atoms with Crippen molar-refractivity contribution >= 4 is 0 Å². The molecule has 0 radical (unpaired) electrons. The Morgan fingerprint density at radius 2 is 2.24 bits per heavy atom. The molecule has 3 heterocycles. The van der Waals surface area contributed by atoms with Crippen LogP contribution in [0.4, 0.5) is 0 Å². The predicted octanol–water partition coefficient (Wildman–Crippen LogP) is 1.45. The van der Waals surface area contributed by atoms with Gasteiger partial charge in [0.25, 0.3) is 5.89 Å². The van der Waals surface area contributed by atoms with Crippen LogP contribution in [-0.4, -0.2) is 38.2 Å². The third-order valence-electron chi connectivity index (χ3n) is 3.57. The fourth-order valence-electron chi connectivity index (χ4n) is 2.24. The van der Waals surface area contributed by atoms with E-state index in [1.807, 2.05) is 42.1 Å². The molecule has 1 fully saturated rings. The first-order valence-electron chi connectivity index (χ1n) is 6.83. The molecule has 7 heteroatoms. The van der Waals surface area contributed by atoms with E-state index in [9.17, 15) is 0 Å². The van der Waals surface area contributed by atoms with E-state index in [1.54, 1.807) is 0 Å². The number of rotatable bonds is 3. The SMILES string of the molecule is Cc1cccc(-c2noc(-c3cn(C4CNC4)nn3)n2)c1. The zero-order valence-electron chi connectivity index (χ0n) is 11.5. The van der Waals surface area contributed by atoms with Crippen LogP contribution in [0.5, 0.6) is 0 Å². The van der Waals surface area contributed by atoms with E-state index < -0.39 is 0 Å². The van der Waals surface area contributed by atoms with Gasteiger partial charge in [0.1, 0.15) is 0 Å². The molecule has 2 aromatic heterocycles. The van der Waals surface area contributed by atoms with E-state index >= 15 is 0 Å². The number of hydrogen-bond donors (Lipinski definition) is 1. The molecule has 3 aromatic rings. The lowest BCUT2D eigenvalue weighted by Crippen LogP contribution is -2.43. The second-order valence-corrected chi connectivity index (χ2v) is 5.19. The molecule has 106 valence electrons. The number of nitrogens with one attached hydrogen (secondary N) is 1. The third-order valence-corrected chi connectivity index (χ3v) is 3.57. The molecule has 1 N–H and O–H groups in total. The van der Waals surface area contributed by atoms with Gasteiger partial charge in [0.2, 0.25) is 5.82 Å². The second kappa shape index (κ2) is 4.78. The Bertz CT molecular complexity index is 773. The van der Waals surface area contributed by atoms with Crippen molar-refractivity contribution in [2.45, 2.75) is 13.0 Å². The number of nitrogens with zero attached hydrogens (tertiary/aromatic N) is 5. The summed E-state index contributed by atoms with van der Waals surface area (Å²) in [4.78, 5) is 4.40. The average molecular weight is 282 g/mol. The van der Waals surface area contributed by atoms with Crippen LogP contribution in [0.3, 0.4) is 0 Å². The van der Waals surface area contributed by atoms with Gasteiger partial charge in [0.05, 0.1) is 12.2 Å². The molecule has 7 nitrogen and oxygen atoms in total. The van der Waals surface area contributed by atoms with Crippen LogP contribution < -0.4 is 5.32 Å². The lowest BCUT2D eigenvalue weighted by molar-refractivity contribution is 0.313. The zero-order valence-corrected chi connectivity index (χ0v) is 11.5. The Hall–Kier alpha value is -2.54. The summed E-state index contributed by atoms with van der Waals surface area (Å²) < 4.78 is 7.13. The van der Waals surface area contributed by atoms with Gasteiger partial charge < -0.3 is 9.84 Å². The minimum Gasteiger partial charge on any atom is -0.332 e. The highest BCUT2D eigenvalue weighted by atomic mass is 16.5. The summed E-state index contributed by atoms with van der Waals surface area (Å²) in [7, 11) is 0. The van der Waals surface area contributed by atoms with Gasteiger partial charge in [-0.15, -0.1) is 5.10 Å². The van der Waals surface area contributed by atoms with E-state index in [-0.39, 0.29) is 0 Å². The van der Waals surface area contributed by atoms with Crippen LogP contribution in [0.15, 0.2) is 35.0 Å². The van der Waals surface area contributed by atoms with E-state index in [2.05, 4.69) is 25.8 Å². The van der Waals surface area contributed by atoms with Crippen LogP contribution in [0.2, 0.25) is 0 Å². The fraction of sp³-hybridized carbons (Fsp3) is 0.286. The van der Waals surface area contributed by atoms with Crippen molar-refractivity contribution in [2.24, 2.45) is 0 Å². The highest BCUT2D eigenvalue weighted by Gasteiger charge is 2.22. The topological polar surface area (TPSA) is 81.7 Å². The van der Waals surface area contributed by atoms with Crippen LogP contribution in [0.25, 0.3) is 23.0 Å². The number of aryl methyl sites for hydroxylation is 1. The fourth-order valence-corrected chi connectivity index (χ4v) is 2.24. The zero-order chi connectivity index (χ0) is 14.2. The highest BCUT2D eigenvalue weighted by Crippen LogP contribution is 2.22. The normalized spacial score (nSPS) is 15.1. The first-order valence-corrected chi connectivity index (χ1v) is 6.83. The summed E-state index contributed by atoms with van der Waals surface area (Å²) in [5.41, 5.74) is 2.69. The van der Waals surface area contributed by atoms with Crippen LogP contribution >= 0.6 is 0 Å². The van der Waals surface area contributed by atoms with E-state index in [4.69, 9.17) is 4.52 Å². The third kappa shape index (κ3) is 2.21. The van der Waals surface area contributed by atoms with Crippen LogP contribution in [0, 0.1) is 6.92 Å². The van der Waals surface area contributed by atoms with Gasteiger partial charge in [-0.05, 0) is 13.0 Å². The maximum absolute atomic E-state index is 5.30. The Morgan fingerprint density at radius 1 is 1.33 bits per heavy atom. The summed E-state index contributed by atoms with van der Waals surface area (Å²) in [5.74, 6) is 0.957. The molecule has 0 bridgehead atoms. The van der Waals surface area contributed by atoms with Crippen molar-refractivity contribution in [1.29, 1.82) is 0 Å². The standard InChI is InChI=1S/C14H14N6O/c1-9-3-2-4-10(5-9)13-16-14(21-18-13)12-8-20(19-17-12)11-6-15-7-11/h2-5,8,11,15H,6-7H2,1H3. The summed E-state index contributed by atoms with van der Waals surface area (Å²) in [5, 5.41) is 15.4. The van der Waals surface area contributed by atoms with Gasteiger partial charge in [0.15, 0.2) is 5.69 Å². The maximum Gasteiger partial charge on any atom is 0.280 e. The minimum absolute atomic E-state index is 0.366. The Labute approximate surface area is 121 Å². The minimum atomic E-state index is 0.366. The van der Waals surface area contributed by atoms with Crippen molar-refractivity contribution in [3.63, 3.8) is 0 Å². The molecule has 1 aromatic carbocycles. The van der Waals surface area contributed by atoms with E-state index in [0.717, 1.165) is 24.2 Å². The number of hydrogen-bond acceptors (Lipinski definition) is 6. The molecule has 21 heavy (non-hydrogen) atoms. The van der Waals surface area contributed by atoms with Crippen molar-refractivity contribution in [2.75, 3.05) is 13.1 Å². The first kappa shape index (κ1) is 12.2. The molecule has 0 unspecified atom stereocenters. The Kier molecular flexibility index (Phi) is 2.78. The molecule has 0 spiro atoms. The Morgan fingerprint density at radius 3 is 3.00 bits per heavy atom. The van der Waals surface area contributed by atoms with E-state index in [0.29, 0.717) is 23.5 Å². The van der Waals surface area contributed by atoms with Gasteiger partial charge in [-0.25, -0.2) is 4.68 Å². The van der Waals surface area contributed by atoms with E-state index in [1.165, 1.54) is 0 Å². The summed E-state index contributed by atoms with van der Waals surface area (Å²) in [6.07, 6.45) is 1.85. The van der Waals surface area contributed by atoms with Gasteiger partial charge in [-0.3, -0.25) is 0 Å². The average Bonchev–Trinajstić information content (AvgIpc) is 3.05. The lowest BCUT2D eigenvalue weighted by Gasteiger charge is -2.26. The van der Waals surface area contributed by atoms with Gasteiger partial charge in [0, 0.05) is 18.7 Å². The van der Waals surface area contributed by atoms with Gasteiger partial charge in [-0.2, -0.15) is 4.98 Å². The molecule has 1 aliphatic rings. The summed E-state index contributed by atoms with van der Waals surface area (Å²) in [6.45, 7) is 3.87. The molecule has 0 aliphatic carbocycles. The molecule has 0 saturated carbocycles. The van der Waals surface area contributed by atoms with Crippen LogP contribution in [0.1, 0.15) is 11.6 Å². The van der Waals surface area contributed by atoms with Gasteiger partial charge >= 0.3 is 0 Å².